The first-order valence-corrected chi connectivity index (χ1v) is 5.28. The highest BCUT2D eigenvalue weighted by Crippen LogP contribution is 2.12. The van der Waals surface area contributed by atoms with Crippen molar-refractivity contribution in [3.63, 3.8) is 0 Å². The molecule has 1 rings (SSSR count). The van der Waals surface area contributed by atoms with Gasteiger partial charge in [0.2, 0.25) is 0 Å². The summed E-state index contributed by atoms with van der Waals surface area (Å²) in [4.78, 5) is 21.6. The molecule has 0 saturated carbocycles. The highest BCUT2D eigenvalue weighted by Gasteiger charge is 2.10. The quantitative estimate of drug-likeness (QED) is 0.441. The molecule has 17 heavy (non-hydrogen) atoms. The van der Waals surface area contributed by atoms with E-state index < -0.39 is 4.92 Å². The number of nitrogens with one attached hydrogen (secondary N) is 1. The number of nitro groups is 1. The fourth-order valence-corrected chi connectivity index (χ4v) is 1.30. The van der Waals surface area contributed by atoms with Gasteiger partial charge in [0.25, 0.3) is 11.6 Å². The number of non-ortho nitro benzene ring substituents is 1. The van der Waals surface area contributed by atoms with Gasteiger partial charge in [0.1, 0.15) is 0 Å². The van der Waals surface area contributed by atoms with Gasteiger partial charge < -0.3 is 10.4 Å². The number of carbonyl (C=O) groups is 1. The minimum absolute atomic E-state index is 0.0900. The Bertz CT molecular complexity index is 406. The Hall–Kier alpha value is -1.95. The van der Waals surface area contributed by atoms with Crippen molar-refractivity contribution in [2.24, 2.45) is 0 Å². The first-order chi connectivity index (χ1) is 8.15. The van der Waals surface area contributed by atoms with Crippen LogP contribution in [0, 0.1) is 10.1 Å². The van der Waals surface area contributed by atoms with Crippen molar-refractivity contribution in [2.45, 2.75) is 12.8 Å². The highest BCUT2D eigenvalue weighted by atomic mass is 16.6. The van der Waals surface area contributed by atoms with Crippen LogP contribution in [0.4, 0.5) is 5.69 Å². The van der Waals surface area contributed by atoms with Gasteiger partial charge in [0.05, 0.1) is 4.92 Å². The van der Waals surface area contributed by atoms with Gasteiger partial charge in [-0.15, -0.1) is 0 Å². The van der Waals surface area contributed by atoms with Gasteiger partial charge in [-0.3, -0.25) is 14.9 Å². The van der Waals surface area contributed by atoms with Crippen molar-refractivity contribution in [1.82, 2.24) is 5.32 Å². The van der Waals surface area contributed by atoms with E-state index in [-0.39, 0.29) is 23.8 Å². The number of nitrogens with zero attached hydrogens (tertiary/aromatic N) is 1. The fourth-order valence-electron chi connectivity index (χ4n) is 1.30. The number of unbranched alkanes of at least 4 members (excludes halogenated alkanes) is 1. The molecule has 0 atom stereocenters. The van der Waals surface area contributed by atoms with E-state index in [0.29, 0.717) is 19.4 Å². The second-order valence-electron chi connectivity index (χ2n) is 3.49. The Morgan fingerprint density at radius 3 is 2.82 bits per heavy atom. The van der Waals surface area contributed by atoms with Crippen LogP contribution in [0.25, 0.3) is 0 Å². The molecule has 0 aromatic heterocycles. The summed E-state index contributed by atoms with van der Waals surface area (Å²) in [5.74, 6) is -0.341. The largest absolute Gasteiger partial charge is 0.396 e. The SMILES string of the molecule is O=C(NCCCCO)c1cccc([N+](=O)[O-])c1. The van der Waals surface area contributed by atoms with E-state index in [1.165, 1.54) is 24.3 Å². The first-order valence-electron chi connectivity index (χ1n) is 5.28. The van der Waals surface area contributed by atoms with E-state index >= 15 is 0 Å². The number of amides is 1. The van der Waals surface area contributed by atoms with E-state index in [0.717, 1.165) is 0 Å². The predicted octanol–water partition coefficient (Wildman–Crippen LogP) is 1.10. The third-order valence-electron chi connectivity index (χ3n) is 2.19. The van der Waals surface area contributed by atoms with Gasteiger partial charge in [0.15, 0.2) is 0 Å². The molecular formula is C11H14N2O4. The topological polar surface area (TPSA) is 92.5 Å². The van der Waals surface area contributed by atoms with Crippen LogP contribution in [-0.2, 0) is 0 Å². The smallest absolute Gasteiger partial charge is 0.270 e. The van der Waals surface area contributed by atoms with Crippen LogP contribution < -0.4 is 5.32 Å². The standard InChI is InChI=1S/C11H14N2O4/c14-7-2-1-6-12-11(15)9-4-3-5-10(8-9)13(16)17/h3-5,8,14H,1-2,6-7H2,(H,12,15). The molecule has 92 valence electrons. The lowest BCUT2D eigenvalue weighted by Gasteiger charge is -2.04. The summed E-state index contributed by atoms with van der Waals surface area (Å²) in [6.07, 6.45) is 1.30. The van der Waals surface area contributed by atoms with Crippen LogP contribution in [0.5, 0.6) is 0 Å². The van der Waals surface area contributed by atoms with Crippen LogP contribution in [0.2, 0.25) is 0 Å². The number of rotatable bonds is 6. The summed E-state index contributed by atoms with van der Waals surface area (Å²) in [6, 6.07) is 5.57. The molecule has 0 aliphatic heterocycles. The molecule has 0 unspecified atom stereocenters. The molecule has 2 N–H and O–H groups in total. The maximum absolute atomic E-state index is 11.6. The number of aliphatic hydroxyl groups excluding tert-OH is 1. The van der Waals surface area contributed by atoms with E-state index in [9.17, 15) is 14.9 Å². The second-order valence-corrected chi connectivity index (χ2v) is 3.49. The Labute approximate surface area is 98.4 Å². The third kappa shape index (κ3) is 4.20. The van der Waals surface area contributed by atoms with Gasteiger partial charge in [-0.25, -0.2) is 0 Å². The molecule has 1 aromatic carbocycles. The lowest BCUT2D eigenvalue weighted by Crippen LogP contribution is -2.24. The Kier molecular flexibility index (Phi) is 5.09. The summed E-state index contributed by atoms with van der Waals surface area (Å²) < 4.78 is 0. The van der Waals surface area contributed by atoms with Crippen LogP contribution in [0.1, 0.15) is 23.2 Å². The van der Waals surface area contributed by atoms with Crippen LogP contribution in [-0.4, -0.2) is 29.1 Å². The van der Waals surface area contributed by atoms with Gasteiger partial charge in [-0.1, -0.05) is 6.07 Å². The van der Waals surface area contributed by atoms with Crippen LogP contribution in [0.3, 0.4) is 0 Å². The number of hydrogen-bond acceptors (Lipinski definition) is 4. The van der Waals surface area contributed by atoms with Gasteiger partial charge in [-0.2, -0.15) is 0 Å². The van der Waals surface area contributed by atoms with E-state index in [4.69, 9.17) is 5.11 Å². The van der Waals surface area contributed by atoms with Crippen molar-refractivity contribution in [3.05, 3.63) is 39.9 Å². The number of nitro benzene ring substituents is 1. The van der Waals surface area contributed by atoms with Gasteiger partial charge in [-0.05, 0) is 18.9 Å². The summed E-state index contributed by atoms with van der Waals surface area (Å²) in [7, 11) is 0. The number of hydrogen-bond donors (Lipinski definition) is 2. The summed E-state index contributed by atoms with van der Waals surface area (Å²) in [5.41, 5.74) is 0.163. The zero-order chi connectivity index (χ0) is 12.7. The summed E-state index contributed by atoms with van der Waals surface area (Å²) in [6.45, 7) is 0.536. The predicted molar refractivity (Wildman–Crippen MR) is 61.7 cm³/mol. The van der Waals surface area contributed by atoms with Crippen molar-refractivity contribution in [1.29, 1.82) is 0 Å². The zero-order valence-electron chi connectivity index (χ0n) is 9.26. The monoisotopic (exact) mass is 238 g/mol. The molecule has 0 aliphatic carbocycles. The number of benzene rings is 1. The zero-order valence-corrected chi connectivity index (χ0v) is 9.26. The van der Waals surface area contributed by atoms with Gasteiger partial charge >= 0.3 is 0 Å². The Morgan fingerprint density at radius 2 is 2.18 bits per heavy atom. The van der Waals surface area contributed by atoms with Crippen LogP contribution >= 0.6 is 0 Å². The fraction of sp³-hybridized carbons (Fsp3) is 0.364. The molecular weight excluding hydrogens is 224 g/mol. The third-order valence-corrected chi connectivity index (χ3v) is 2.19. The molecule has 0 radical (unpaired) electrons. The molecule has 1 aromatic rings. The Balaban J connectivity index is 2.56. The molecule has 6 nitrogen and oxygen atoms in total. The molecule has 0 heterocycles. The van der Waals surface area contributed by atoms with Crippen molar-refractivity contribution in [3.8, 4) is 0 Å². The highest BCUT2D eigenvalue weighted by molar-refractivity contribution is 5.94. The minimum Gasteiger partial charge on any atom is -0.396 e. The average molecular weight is 238 g/mol. The molecule has 0 aliphatic rings. The molecule has 6 heteroatoms. The van der Waals surface area contributed by atoms with E-state index in [1.54, 1.807) is 0 Å². The molecule has 0 bridgehead atoms. The number of carbonyl (C=O) groups excluding carboxylic acids is 1. The lowest BCUT2D eigenvalue weighted by molar-refractivity contribution is -0.384. The number of aliphatic hydroxyl groups is 1. The maximum Gasteiger partial charge on any atom is 0.270 e. The van der Waals surface area contributed by atoms with E-state index in [1.807, 2.05) is 0 Å². The lowest BCUT2D eigenvalue weighted by atomic mass is 10.2. The van der Waals surface area contributed by atoms with Gasteiger partial charge in [0, 0.05) is 30.8 Å². The molecule has 1 amide bonds. The van der Waals surface area contributed by atoms with Crippen molar-refractivity contribution in [2.75, 3.05) is 13.2 Å². The second kappa shape index (κ2) is 6.59. The van der Waals surface area contributed by atoms with Crippen molar-refractivity contribution >= 4 is 11.6 Å². The molecule has 0 spiro atoms. The van der Waals surface area contributed by atoms with Crippen LogP contribution in [0.15, 0.2) is 24.3 Å². The Morgan fingerprint density at radius 1 is 1.41 bits per heavy atom. The van der Waals surface area contributed by atoms with Crippen molar-refractivity contribution < 1.29 is 14.8 Å². The first kappa shape index (κ1) is 13.1. The average Bonchev–Trinajstić information content (AvgIpc) is 2.34. The molecule has 0 fully saturated rings. The molecule has 0 saturated heterocycles. The maximum atomic E-state index is 11.6. The normalized spacial score (nSPS) is 9.94. The minimum atomic E-state index is -0.539. The van der Waals surface area contributed by atoms with E-state index in [2.05, 4.69) is 5.32 Å². The summed E-state index contributed by atoms with van der Waals surface area (Å²) in [5, 5.41) is 21.7. The summed E-state index contributed by atoms with van der Waals surface area (Å²) >= 11 is 0.